The molecule has 0 bridgehead atoms. The van der Waals surface area contributed by atoms with Gasteiger partial charge in [0.2, 0.25) is 0 Å². The number of thioether (sulfide) groups is 1. The Kier molecular flexibility index (Phi) is 3.55. The Morgan fingerprint density at radius 1 is 1.04 bits per heavy atom. The van der Waals surface area contributed by atoms with Gasteiger partial charge in [0.1, 0.15) is 16.4 Å². The molecule has 114 valence electrons. The first kappa shape index (κ1) is 14.0. The van der Waals surface area contributed by atoms with Gasteiger partial charge in [-0.2, -0.15) is 0 Å². The molecule has 1 aromatic carbocycles. The van der Waals surface area contributed by atoms with Crippen molar-refractivity contribution >= 4 is 22.7 Å². The summed E-state index contributed by atoms with van der Waals surface area (Å²) in [4.78, 5) is 9.23. The zero-order valence-electron chi connectivity index (χ0n) is 12.3. The molecule has 0 amide bonds. The first-order valence-electron chi connectivity index (χ1n) is 7.03. The number of benzene rings is 1. The monoisotopic (exact) mass is 324 g/mol. The summed E-state index contributed by atoms with van der Waals surface area (Å²) in [7, 11) is 0. The maximum absolute atomic E-state index is 5.42. The van der Waals surface area contributed by atoms with Gasteiger partial charge in [0.05, 0.1) is 11.8 Å². The molecule has 0 spiro atoms. The molecule has 0 atom stereocenters. The molecule has 4 aromatic rings. The summed E-state index contributed by atoms with van der Waals surface area (Å²) in [6, 6.07) is 11.6. The standard InChI is InChI=1S/C16H12N4O2S/c1-10-13(20-22-19-10)9-23-16-11-5-2-3-6-12(11)17-15(18-16)14-7-4-8-21-14/h2-8H,9H2,1H3. The fourth-order valence-corrected chi connectivity index (χ4v) is 3.20. The third-order valence-corrected chi connectivity index (χ3v) is 4.40. The van der Waals surface area contributed by atoms with Gasteiger partial charge in [0, 0.05) is 11.1 Å². The number of aryl methyl sites for hydroxylation is 1. The van der Waals surface area contributed by atoms with E-state index in [2.05, 4.69) is 20.3 Å². The van der Waals surface area contributed by atoms with Gasteiger partial charge in [0.15, 0.2) is 11.6 Å². The topological polar surface area (TPSA) is 77.8 Å². The smallest absolute Gasteiger partial charge is 0.197 e. The third-order valence-electron chi connectivity index (χ3n) is 3.40. The van der Waals surface area contributed by atoms with E-state index in [1.807, 2.05) is 43.3 Å². The highest BCUT2D eigenvalue weighted by Crippen LogP contribution is 2.30. The Balaban J connectivity index is 1.76. The van der Waals surface area contributed by atoms with Crippen LogP contribution in [-0.2, 0) is 5.75 Å². The molecule has 0 aliphatic carbocycles. The van der Waals surface area contributed by atoms with Crippen LogP contribution in [-0.4, -0.2) is 20.3 Å². The molecule has 3 heterocycles. The Morgan fingerprint density at radius 3 is 2.74 bits per heavy atom. The van der Waals surface area contributed by atoms with Crippen molar-refractivity contribution < 1.29 is 9.05 Å². The van der Waals surface area contributed by atoms with Crippen LogP contribution in [0.5, 0.6) is 0 Å². The van der Waals surface area contributed by atoms with Gasteiger partial charge in [-0.15, -0.1) is 0 Å². The number of nitrogens with zero attached hydrogens (tertiary/aromatic N) is 4. The van der Waals surface area contributed by atoms with Gasteiger partial charge < -0.3 is 4.42 Å². The van der Waals surface area contributed by atoms with E-state index < -0.39 is 0 Å². The molecule has 0 radical (unpaired) electrons. The molecule has 0 saturated carbocycles. The van der Waals surface area contributed by atoms with E-state index >= 15 is 0 Å². The minimum absolute atomic E-state index is 0.575. The molecule has 0 aliphatic heterocycles. The van der Waals surface area contributed by atoms with Crippen molar-refractivity contribution in [2.75, 3.05) is 0 Å². The lowest BCUT2D eigenvalue weighted by Crippen LogP contribution is -1.94. The van der Waals surface area contributed by atoms with Crippen molar-refractivity contribution in [1.82, 2.24) is 20.3 Å². The third kappa shape index (κ3) is 2.70. The summed E-state index contributed by atoms with van der Waals surface area (Å²) in [6.45, 7) is 1.87. The SMILES string of the molecule is Cc1nonc1CSc1nc(-c2ccco2)nc2ccccc12. The van der Waals surface area contributed by atoms with Gasteiger partial charge in [-0.05, 0) is 25.1 Å². The van der Waals surface area contributed by atoms with E-state index in [0.717, 1.165) is 27.3 Å². The van der Waals surface area contributed by atoms with Crippen molar-refractivity contribution in [3.8, 4) is 11.6 Å². The number of rotatable bonds is 4. The van der Waals surface area contributed by atoms with Gasteiger partial charge in [-0.25, -0.2) is 14.6 Å². The highest BCUT2D eigenvalue weighted by molar-refractivity contribution is 7.98. The van der Waals surface area contributed by atoms with Gasteiger partial charge in [0.25, 0.3) is 0 Å². The Morgan fingerprint density at radius 2 is 1.96 bits per heavy atom. The van der Waals surface area contributed by atoms with Crippen molar-refractivity contribution in [2.24, 2.45) is 0 Å². The van der Waals surface area contributed by atoms with Gasteiger partial charge in [-0.1, -0.05) is 40.3 Å². The van der Waals surface area contributed by atoms with E-state index in [4.69, 9.17) is 9.05 Å². The number of hydrogen-bond acceptors (Lipinski definition) is 7. The maximum atomic E-state index is 5.42. The highest BCUT2D eigenvalue weighted by Gasteiger charge is 2.13. The molecule has 0 saturated heterocycles. The zero-order chi connectivity index (χ0) is 15.6. The van der Waals surface area contributed by atoms with Crippen LogP contribution >= 0.6 is 11.8 Å². The second-order valence-electron chi connectivity index (χ2n) is 4.93. The van der Waals surface area contributed by atoms with Gasteiger partial charge in [-0.3, -0.25) is 0 Å². The molecule has 23 heavy (non-hydrogen) atoms. The summed E-state index contributed by atoms with van der Waals surface area (Å²) in [5.41, 5.74) is 2.49. The Labute approximate surface area is 135 Å². The number of fused-ring (bicyclic) bond motifs is 1. The van der Waals surface area contributed by atoms with Crippen molar-refractivity contribution in [3.63, 3.8) is 0 Å². The second-order valence-corrected chi connectivity index (χ2v) is 5.90. The van der Waals surface area contributed by atoms with E-state index in [1.165, 1.54) is 0 Å². The quantitative estimate of drug-likeness (QED) is 0.416. The van der Waals surface area contributed by atoms with Crippen LogP contribution in [0.1, 0.15) is 11.4 Å². The van der Waals surface area contributed by atoms with Crippen LogP contribution in [0, 0.1) is 6.92 Å². The normalized spacial score (nSPS) is 11.2. The first-order valence-corrected chi connectivity index (χ1v) is 8.01. The highest BCUT2D eigenvalue weighted by atomic mass is 32.2. The molecule has 6 nitrogen and oxygen atoms in total. The van der Waals surface area contributed by atoms with Gasteiger partial charge >= 0.3 is 0 Å². The Bertz CT molecular complexity index is 950. The number of para-hydroxylation sites is 1. The van der Waals surface area contributed by atoms with E-state index in [9.17, 15) is 0 Å². The minimum atomic E-state index is 0.575. The molecular weight excluding hydrogens is 312 g/mol. The Hall–Kier alpha value is -2.67. The lowest BCUT2D eigenvalue weighted by molar-refractivity contribution is 0.302. The summed E-state index contributed by atoms with van der Waals surface area (Å²) < 4.78 is 10.2. The summed E-state index contributed by atoms with van der Waals surface area (Å²) >= 11 is 1.58. The molecule has 4 rings (SSSR count). The lowest BCUT2D eigenvalue weighted by atomic mass is 10.2. The zero-order valence-corrected chi connectivity index (χ0v) is 13.1. The average Bonchev–Trinajstić information content (AvgIpc) is 3.24. The first-order chi connectivity index (χ1) is 11.3. The predicted octanol–water partition coefficient (Wildman–Crippen LogP) is 3.87. The van der Waals surface area contributed by atoms with E-state index in [0.29, 0.717) is 17.3 Å². The molecular formula is C16H12N4O2S. The fraction of sp³-hybridized carbons (Fsp3) is 0.125. The molecule has 3 aromatic heterocycles. The molecule has 0 unspecified atom stereocenters. The summed E-state index contributed by atoms with van der Waals surface area (Å²) in [5.74, 6) is 1.86. The van der Waals surface area contributed by atoms with Crippen LogP contribution in [0.4, 0.5) is 0 Å². The van der Waals surface area contributed by atoms with Crippen LogP contribution < -0.4 is 0 Å². The molecule has 0 aliphatic rings. The number of furan rings is 1. The van der Waals surface area contributed by atoms with Crippen LogP contribution in [0.15, 0.2) is 56.7 Å². The van der Waals surface area contributed by atoms with Crippen LogP contribution in [0.25, 0.3) is 22.5 Å². The summed E-state index contributed by atoms with van der Waals surface area (Å²) in [6.07, 6.45) is 1.62. The van der Waals surface area contributed by atoms with E-state index in [1.54, 1.807) is 18.0 Å². The molecule has 0 N–H and O–H groups in total. The largest absolute Gasteiger partial charge is 0.461 e. The second kappa shape index (κ2) is 5.85. The number of aromatic nitrogens is 4. The van der Waals surface area contributed by atoms with E-state index in [-0.39, 0.29) is 0 Å². The van der Waals surface area contributed by atoms with Crippen molar-refractivity contribution in [1.29, 1.82) is 0 Å². The average molecular weight is 324 g/mol. The van der Waals surface area contributed by atoms with Crippen LogP contribution in [0.3, 0.4) is 0 Å². The predicted molar refractivity (Wildman–Crippen MR) is 85.8 cm³/mol. The van der Waals surface area contributed by atoms with Crippen LogP contribution in [0.2, 0.25) is 0 Å². The molecule has 0 fully saturated rings. The minimum Gasteiger partial charge on any atom is -0.461 e. The fourth-order valence-electron chi connectivity index (χ4n) is 2.19. The molecule has 7 heteroatoms. The maximum Gasteiger partial charge on any atom is 0.197 e. The number of hydrogen-bond donors (Lipinski definition) is 0. The lowest BCUT2D eigenvalue weighted by Gasteiger charge is -2.06. The van der Waals surface area contributed by atoms with Crippen molar-refractivity contribution in [3.05, 3.63) is 54.0 Å². The van der Waals surface area contributed by atoms with Crippen molar-refractivity contribution in [2.45, 2.75) is 17.7 Å². The summed E-state index contributed by atoms with van der Waals surface area (Å²) in [5, 5.41) is 9.60.